The zero-order valence-electron chi connectivity index (χ0n) is 20.2. The monoisotopic (exact) mass is 466 g/mol. The number of hydrogen-bond donors (Lipinski definition) is 0. The Hall–Kier alpha value is -1.98. The summed E-state index contributed by atoms with van der Waals surface area (Å²) in [6.07, 6.45) is 10.2. The van der Waals surface area contributed by atoms with Gasteiger partial charge in [-0.3, -0.25) is 14.4 Å². The van der Waals surface area contributed by atoms with E-state index in [-0.39, 0.29) is 41.2 Å². The van der Waals surface area contributed by atoms with E-state index in [4.69, 9.17) is 9.47 Å². The summed E-state index contributed by atoms with van der Waals surface area (Å²) in [5.41, 5.74) is -1.90. The molecule has 0 aliphatic heterocycles. The number of esters is 2. The smallest absolute Gasteiger partial charge is 0.350 e. The lowest BCUT2D eigenvalue weighted by molar-refractivity contribution is -0.221. The maximum absolute atomic E-state index is 13.3. The van der Waals surface area contributed by atoms with Crippen LogP contribution in [0, 0.1) is 65.1 Å². The predicted molar refractivity (Wildman–Crippen MR) is 120 cm³/mol. The molecular weight excluding hydrogens is 432 g/mol. The molecule has 6 heteroatoms. The molecule has 8 aliphatic carbocycles. The van der Waals surface area contributed by atoms with Crippen LogP contribution in [0.15, 0.2) is 12.2 Å². The number of ether oxygens (including phenoxy) is 2. The molecule has 7 saturated carbocycles. The lowest BCUT2D eigenvalue weighted by atomic mass is 9.50. The van der Waals surface area contributed by atoms with Crippen molar-refractivity contribution in [3.63, 3.8) is 0 Å². The summed E-state index contributed by atoms with van der Waals surface area (Å²) >= 11 is 0. The van der Waals surface area contributed by atoms with E-state index in [1.54, 1.807) is 13.8 Å². The van der Waals surface area contributed by atoms with Gasteiger partial charge in [-0.25, -0.2) is 4.79 Å². The van der Waals surface area contributed by atoms with Gasteiger partial charge in [0.1, 0.15) is 17.2 Å². The van der Waals surface area contributed by atoms with Crippen LogP contribution in [0.1, 0.15) is 59.3 Å². The van der Waals surface area contributed by atoms with Gasteiger partial charge in [0.2, 0.25) is 5.60 Å². The Labute approximate surface area is 200 Å². The number of ketones is 2. The molecule has 0 amide bonds. The maximum atomic E-state index is 13.3. The number of carbonyl (C=O) groups excluding carboxylic acids is 4. The standard InChI is InChI=1S/C28H34O6/c1-27(2,26(32)34-28(3)14-7-12-6-13(9-14)10-15(28)8-12)33-25(31)19-11-18-20-16-4-5-17(23(16)29)21(20)22(19)24(18)30/h4-5,12-22H,6-11H2,1-3H3. The normalized spacial score (nSPS) is 51.3. The highest BCUT2D eigenvalue weighted by molar-refractivity contribution is 6.01. The fourth-order valence-corrected chi connectivity index (χ4v) is 9.75. The molecule has 6 nitrogen and oxygen atoms in total. The second-order valence-electron chi connectivity index (χ2n) is 13.2. The first-order chi connectivity index (χ1) is 16.1. The highest BCUT2D eigenvalue weighted by Gasteiger charge is 2.70. The van der Waals surface area contributed by atoms with E-state index in [2.05, 4.69) is 6.92 Å². The van der Waals surface area contributed by atoms with Crippen LogP contribution in [0.25, 0.3) is 0 Å². The third kappa shape index (κ3) is 2.58. The number of Topliss-reactive ketones (excluding diaryl/α,β-unsaturated/α-hetero) is 2. The predicted octanol–water partition coefficient (Wildman–Crippen LogP) is 3.52. The van der Waals surface area contributed by atoms with Gasteiger partial charge in [0.05, 0.1) is 5.92 Å². The zero-order chi connectivity index (χ0) is 23.7. The lowest BCUT2D eigenvalue weighted by Crippen LogP contribution is -2.59. The zero-order valence-corrected chi connectivity index (χ0v) is 20.2. The van der Waals surface area contributed by atoms with Gasteiger partial charge in [-0.1, -0.05) is 12.2 Å². The fourth-order valence-electron chi connectivity index (χ4n) is 9.75. The average molecular weight is 467 g/mol. The Kier molecular flexibility index (Phi) is 4.15. The van der Waals surface area contributed by atoms with E-state index >= 15 is 0 Å². The van der Waals surface area contributed by atoms with Crippen molar-refractivity contribution in [2.75, 3.05) is 0 Å². The van der Waals surface area contributed by atoms with Crippen molar-refractivity contribution in [3.05, 3.63) is 12.2 Å². The SMILES string of the molecule is CC(C)(OC(=O)C1CC2C(=O)C1C1C3C=CC(C3=O)C21)C(=O)OC1(C)C2CC3CC(C2)CC1C3. The summed E-state index contributed by atoms with van der Waals surface area (Å²) < 4.78 is 12.0. The van der Waals surface area contributed by atoms with Gasteiger partial charge in [-0.15, -0.1) is 0 Å². The van der Waals surface area contributed by atoms with Crippen LogP contribution < -0.4 is 0 Å². The first kappa shape index (κ1) is 21.3. The Morgan fingerprint density at radius 2 is 1.47 bits per heavy atom. The van der Waals surface area contributed by atoms with E-state index in [9.17, 15) is 19.2 Å². The van der Waals surface area contributed by atoms with Crippen molar-refractivity contribution in [1.82, 2.24) is 0 Å². The molecule has 7 atom stereocenters. The van der Waals surface area contributed by atoms with Gasteiger partial charge in [-0.05, 0) is 94.8 Å². The summed E-state index contributed by atoms with van der Waals surface area (Å²) in [6, 6.07) is 0. The summed E-state index contributed by atoms with van der Waals surface area (Å²) in [7, 11) is 0. The molecule has 0 spiro atoms. The molecule has 0 N–H and O–H groups in total. The topological polar surface area (TPSA) is 86.7 Å². The number of rotatable bonds is 4. The number of hydrogen-bond acceptors (Lipinski definition) is 6. The van der Waals surface area contributed by atoms with Crippen molar-refractivity contribution >= 4 is 23.5 Å². The van der Waals surface area contributed by atoms with Gasteiger partial charge in [-0.2, -0.15) is 0 Å². The van der Waals surface area contributed by atoms with Crippen molar-refractivity contribution in [1.29, 1.82) is 0 Å². The molecule has 8 bridgehead atoms. The Morgan fingerprint density at radius 1 is 0.882 bits per heavy atom. The molecule has 34 heavy (non-hydrogen) atoms. The van der Waals surface area contributed by atoms with Crippen LogP contribution in [0.3, 0.4) is 0 Å². The molecule has 0 aromatic carbocycles. The molecule has 0 aromatic heterocycles. The van der Waals surface area contributed by atoms with Crippen LogP contribution in [-0.2, 0) is 28.7 Å². The molecule has 0 radical (unpaired) electrons. The summed E-state index contributed by atoms with van der Waals surface area (Å²) in [4.78, 5) is 52.3. The average Bonchev–Trinajstić information content (AvgIpc) is 3.47. The van der Waals surface area contributed by atoms with Crippen molar-refractivity contribution < 1.29 is 28.7 Å². The second-order valence-corrected chi connectivity index (χ2v) is 13.2. The minimum absolute atomic E-state index is 0.0545. The highest BCUT2D eigenvalue weighted by atomic mass is 16.6. The molecule has 7 fully saturated rings. The third-order valence-corrected chi connectivity index (χ3v) is 11.2. The molecule has 7 unspecified atom stereocenters. The number of fused-ring (bicyclic) bond motifs is 9. The molecule has 0 aromatic rings. The highest BCUT2D eigenvalue weighted by Crippen LogP contribution is 2.64. The Bertz CT molecular complexity index is 1010. The van der Waals surface area contributed by atoms with Gasteiger partial charge in [0.25, 0.3) is 0 Å². The molecule has 8 rings (SSSR count). The quantitative estimate of drug-likeness (QED) is 0.358. The van der Waals surface area contributed by atoms with Crippen LogP contribution >= 0.6 is 0 Å². The molecule has 182 valence electrons. The van der Waals surface area contributed by atoms with Crippen LogP contribution in [0.4, 0.5) is 0 Å². The maximum Gasteiger partial charge on any atom is 0.350 e. The first-order valence-electron chi connectivity index (χ1n) is 13.3. The minimum Gasteiger partial charge on any atom is -0.456 e. The van der Waals surface area contributed by atoms with Gasteiger partial charge >= 0.3 is 11.9 Å². The van der Waals surface area contributed by atoms with E-state index in [0.717, 1.165) is 37.5 Å². The lowest BCUT2D eigenvalue weighted by Gasteiger charge is -2.59. The van der Waals surface area contributed by atoms with E-state index in [0.29, 0.717) is 18.3 Å². The van der Waals surface area contributed by atoms with Crippen molar-refractivity contribution in [2.24, 2.45) is 65.1 Å². The largest absolute Gasteiger partial charge is 0.456 e. The summed E-state index contributed by atoms with van der Waals surface area (Å²) in [5, 5.41) is 0. The van der Waals surface area contributed by atoms with Crippen LogP contribution in [-0.4, -0.2) is 34.7 Å². The van der Waals surface area contributed by atoms with Crippen molar-refractivity contribution in [3.8, 4) is 0 Å². The van der Waals surface area contributed by atoms with Gasteiger partial charge in [0.15, 0.2) is 0 Å². The second kappa shape index (κ2) is 6.61. The third-order valence-electron chi connectivity index (χ3n) is 11.2. The van der Waals surface area contributed by atoms with E-state index in [1.807, 2.05) is 12.2 Å². The van der Waals surface area contributed by atoms with Crippen molar-refractivity contribution in [2.45, 2.75) is 70.5 Å². The Morgan fingerprint density at radius 3 is 2.09 bits per heavy atom. The van der Waals surface area contributed by atoms with Gasteiger partial charge < -0.3 is 9.47 Å². The Balaban J connectivity index is 1.06. The van der Waals surface area contributed by atoms with E-state index in [1.165, 1.54) is 6.42 Å². The fraction of sp³-hybridized carbons (Fsp3) is 0.786. The minimum atomic E-state index is -1.41. The first-order valence-corrected chi connectivity index (χ1v) is 13.3. The summed E-state index contributed by atoms with van der Waals surface area (Å²) in [5.74, 6) is -0.00237. The molecule has 8 aliphatic rings. The summed E-state index contributed by atoms with van der Waals surface area (Å²) in [6.45, 7) is 5.30. The number of carbonyl (C=O) groups is 4. The molecular formula is C28H34O6. The van der Waals surface area contributed by atoms with Crippen LogP contribution in [0.2, 0.25) is 0 Å². The van der Waals surface area contributed by atoms with Gasteiger partial charge in [0, 0.05) is 23.7 Å². The molecule has 0 saturated heterocycles. The number of allylic oxidation sites excluding steroid dienone is 2. The molecule has 0 heterocycles. The van der Waals surface area contributed by atoms with E-state index < -0.39 is 35.0 Å². The van der Waals surface area contributed by atoms with Crippen LogP contribution in [0.5, 0.6) is 0 Å².